The van der Waals surface area contributed by atoms with Gasteiger partial charge in [0.1, 0.15) is 0 Å². The number of hydrogen-bond donors (Lipinski definition) is 3. The monoisotopic (exact) mass is 200 g/mol. The van der Waals surface area contributed by atoms with Crippen LogP contribution >= 0.6 is 0 Å². The molecule has 0 saturated carbocycles. The molecule has 0 aromatic carbocycles. The van der Waals surface area contributed by atoms with Gasteiger partial charge in [0.15, 0.2) is 0 Å². The molecule has 0 bridgehead atoms. The van der Waals surface area contributed by atoms with Gasteiger partial charge in [-0.2, -0.15) is 0 Å². The van der Waals surface area contributed by atoms with E-state index in [2.05, 4.69) is 10.6 Å². The van der Waals surface area contributed by atoms with E-state index < -0.39 is 6.10 Å². The molecule has 1 fully saturated rings. The third-order valence-electron chi connectivity index (χ3n) is 2.21. The number of carbonyl (C=O) groups excluding carboxylic acids is 2. The van der Waals surface area contributed by atoms with E-state index in [-0.39, 0.29) is 24.3 Å². The van der Waals surface area contributed by atoms with Gasteiger partial charge in [-0.25, -0.2) is 0 Å². The molecule has 5 nitrogen and oxygen atoms in total. The third-order valence-corrected chi connectivity index (χ3v) is 2.21. The van der Waals surface area contributed by atoms with Crippen molar-refractivity contribution >= 4 is 11.8 Å². The molecule has 0 aliphatic carbocycles. The Morgan fingerprint density at radius 1 is 1.79 bits per heavy atom. The first kappa shape index (κ1) is 11.0. The third kappa shape index (κ3) is 3.33. The zero-order valence-corrected chi connectivity index (χ0v) is 8.25. The summed E-state index contributed by atoms with van der Waals surface area (Å²) in [4.78, 5) is 22.3. The fourth-order valence-corrected chi connectivity index (χ4v) is 1.35. The predicted octanol–water partition coefficient (Wildman–Crippen LogP) is -0.990. The van der Waals surface area contributed by atoms with Crippen molar-refractivity contribution in [3.8, 4) is 0 Å². The number of rotatable bonds is 3. The lowest BCUT2D eigenvalue weighted by Crippen LogP contribution is -2.44. The minimum atomic E-state index is -0.530. The Morgan fingerprint density at radius 3 is 3.00 bits per heavy atom. The Labute approximate surface area is 82.9 Å². The maximum absolute atomic E-state index is 11.4. The molecule has 1 rings (SSSR count). The molecule has 1 heterocycles. The topological polar surface area (TPSA) is 78.4 Å². The molecular weight excluding hydrogens is 184 g/mol. The van der Waals surface area contributed by atoms with Crippen molar-refractivity contribution < 1.29 is 14.7 Å². The van der Waals surface area contributed by atoms with E-state index in [1.807, 2.05) is 0 Å². The van der Waals surface area contributed by atoms with E-state index >= 15 is 0 Å². The molecule has 2 amide bonds. The van der Waals surface area contributed by atoms with Gasteiger partial charge in [-0.1, -0.05) is 0 Å². The van der Waals surface area contributed by atoms with Gasteiger partial charge < -0.3 is 15.7 Å². The van der Waals surface area contributed by atoms with Crippen LogP contribution in [-0.4, -0.2) is 36.1 Å². The maximum atomic E-state index is 11.4. The SMILES string of the molecule is CC(O)CNC(=O)C1CCC(=O)NC1. The van der Waals surface area contributed by atoms with Gasteiger partial charge in [-0.3, -0.25) is 9.59 Å². The first-order valence-corrected chi connectivity index (χ1v) is 4.82. The van der Waals surface area contributed by atoms with Crippen LogP contribution in [0.5, 0.6) is 0 Å². The van der Waals surface area contributed by atoms with Crippen molar-refractivity contribution in [2.24, 2.45) is 5.92 Å². The normalized spacial score (nSPS) is 23.9. The van der Waals surface area contributed by atoms with E-state index in [4.69, 9.17) is 5.11 Å². The predicted molar refractivity (Wildman–Crippen MR) is 50.4 cm³/mol. The van der Waals surface area contributed by atoms with Crippen molar-refractivity contribution in [3.05, 3.63) is 0 Å². The number of amides is 2. The maximum Gasteiger partial charge on any atom is 0.224 e. The second-order valence-electron chi connectivity index (χ2n) is 3.63. The minimum Gasteiger partial charge on any atom is -0.392 e. The van der Waals surface area contributed by atoms with Gasteiger partial charge in [0, 0.05) is 19.5 Å². The molecule has 80 valence electrons. The lowest BCUT2D eigenvalue weighted by atomic mass is 9.98. The molecule has 2 atom stereocenters. The number of hydrogen-bond acceptors (Lipinski definition) is 3. The van der Waals surface area contributed by atoms with Crippen molar-refractivity contribution in [3.63, 3.8) is 0 Å². The fourth-order valence-electron chi connectivity index (χ4n) is 1.35. The summed E-state index contributed by atoms with van der Waals surface area (Å²) in [6, 6.07) is 0. The van der Waals surface area contributed by atoms with Gasteiger partial charge in [0.2, 0.25) is 11.8 Å². The standard InChI is InChI=1S/C9H16N2O3/c1-6(12)4-11-9(14)7-2-3-8(13)10-5-7/h6-7,12H,2-5H2,1H3,(H,10,13)(H,11,14). The van der Waals surface area contributed by atoms with E-state index in [1.54, 1.807) is 6.92 Å². The summed E-state index contributed by atoms with van der Waals surface area (Å²) in [5.74, 6) is -0.234. The molecule has 2 unspecified atom stereocenters. The lowest BCUT2D eigenvalue weighted by Gasteiger charge is -2.21. The van der Waals surface area contributed by atoms with Crippen LogP contribution in [0.15, 0.2) is 0 Å². The number of aliphatic hydroxyl groups is 1. The number of aliphatic hydroxyl groups excluding tert-OH is 1. The average Bonchev–Trinajstić information content (AvgIpc) is 2.15. The first-order chi connectivity index (χ1) is 6.59. The molecule has 14 heavy (non-hydrogen) atoms. The molecule has 3 N–H and O–H groups in total. The second kappa shape index (κ2) is 4.95. The van der Waals surface area contributed by atoms with Crippen molar-refractivity contribution in [2.75, 3.05) is 13.1 Å². The summed E-state index contributed by atoms with van der Waals surface area (Å²) in [6.07, 6.45) is 0.474. The zero-order valence-electron chi connectivity index (χ0n) is 8.25. The van der Waals surface area contributed by atoms with Gasteiger partial charge in [0.05, 0.1) is 12.0 Å². The molecule has 1 aliphatic heterocycles. The van der Waals surface area contributed by atoms with Crippen LogP contribution in [0.25, 0.3) is 0 Å². The Kier molecular flexibility index (Phi) is 3.88. The summed E-state index contributed by atoms with van der Waals surface area (Å²) in [7, 11) is 0. The van der Waals surface area contributed by atoms with Crippen molar-refractivity contribution in [1.29, 1.82) is 0 Å². The van der Waals surface area contributed by atoms with E-state index in [9.17, 15) is 9.59 Å². The van der Waals surface area contributed by atoms with Crippen LogP contribution in [-0.2, 0) is 9.59 Å². The molecule has 1 aliphatic rings. The molecule has 1 saturated heterocycles. The summed E-state index contributed by atoms with van der Waals surface area (Å²) < 4.78 is 0. The zero-order chi connectivity index (χ0) is 10.6. The molecule has 0 aromatic heterocycles. The highest BCUT2D eigenvalue weighted by Crippen LogP contribution is 2.10. The van der Waals surface area contributed by atoms with Crippen LogP contribution in [0.3, 0.4) is 0 Å². The molecular formula is C9H16N2O3. The van der Waals surface area contributed by atoms with Crippen LogP contribution in [0.4, 0.5) is 0 Å². The van der Waals surface area contributed by atoms with Crippen LogP contribution < -0.4 is 10.6 Å². The Bertz CT molecular complexity index is 218. The highest BCUT2D eigenvalue weighted by molar-refractivity contribution is 5.83. The van der Waals surface area contributed by atoms with E-state index in [1.165, 1.54) is 0 Å². The largest absolute Gasteiger partial charge is 0.392 e. The fraction of sp³-hybridized carbons (Fsp3) is 0.778. The van der Waals surface area contributed by atoms with Gasteiger partial charge in [-0.15, -0.1) is 0 Å². The summed E-state index contributed by atoms with van der Waals surface area (Å²) in [5.41, 5.74) is 0. The van der Waals surface area contributed by atoms with Gasteiger partial charge >= 0.3 is 0 Å². The quantitative estimate of drug-likeness (QED) is 0.547. The van der Waals surface area contributed by atoms with Crippen LogP contribution in [0.2, 0.25) is 0 Å². The van der Waals surface area contributed by atoms with Crippen molar-refractivity contribution in [1.82, 2.24) is 10.6 Å². The molecule has 0 aromatic rings. The lowest BCUT2D eigenvalue weighted by molar-refractivity contribution is -0.129. The Balaban J connectivity index is 2.27. The molecule has 0 spiro atoms. The number of nitrogens with one attached hydrogen (secondary N) is 2. The molecule has 0 radical (unpaired) electrons. The minimum absolute atomic E-state index is 0.00424. The Morgan fingerprint density at radius 2 is 2.50 bits per heavy atom. The van der Waals surface area contributed by atoms with Crippen LogP contribution in [0.1, 0.15) is 19.8 Å². The van der Waals surface area contributed by atoms with Gasteiger partial charge in [-0.05, 0) is 13.3 Å². The summed E-state index contributed by atoms with van der Waals surface area (Å²) >= 11 is 0. The summed E-state index contributed by atoms with van der Waals surface area (Å²) in [5, 5.41) is 14.2. The molecule has 5 heteroatoms. The van der Waals surface area contributed by atoms with Gasteiger partial charge in [0.25, 0.3) is 0 Å². The van der Waals surface area contributed by atoms with Crippen LogP contribution in [0, 0.1) is 5.92 Å². The number of piperidine rings is 1. The first-order valence-electron chi connectivity index (χ1n) is 4.82. The smallest absolute Gasteiger partial charge is 0.224 e. The highest BCUT2D eigenvalue weighted by Gasteiger charge is 2.24. The highest BCUT2D eigenvalue weighted by atomic mass is 16.3. The average molecular weight is 200 g/mol. The van der Waals surface area contributed by atoms with E-state index in [0.29, 0.717) is 19.4 Å². The van der Waals surface area contributed by atoms with E-state index in [0.717, 1.165) is 0 Å². The second-order valence-corrected chi connectivity index (χ2v) is 3.63. The van der Waals surface area contributed by atoms with Crippen molar-refractivity contribution in [2.45, 2.75) is 25.9 Å². The summed E-state index contributed by atoms with van der Waals surface area (Å²) in [6.45, 7) is 2.29. The number of carbonyl (C=O) groups is 2. The Hall–Kier alpha value is -1.10.